The van der Waals surface area contributed by atoms with E-state index in [0.29, 0.717) is 16.8 Å². The van der Waals surface area contributed by atoms with Crippen molar-refractivity contribution in [3.8, 4) is 5.75 Å². The van der Waals surface area contributed by atoms with Crippen molar-refractivity contribution in [2.24, 2.45) is 0 Å². The molecule has 0 bridgehead atoms. The Balaban J connectivity index is 1.51. The lowest BCUT2D eigenvalue weighted by Crippen LogP contribution is -2.20. The van der Waals surface area contributed by atoms with Crippen molar-refractivity contribution in [1.29, 1.82) is 0 Å². The number of aromatic nitrogens is 1. The highest BCUT2D eigenvalue weighted by Gasteiger charge is 2.26. The molecule has 0 radical (unpaired) electrons. The van der Waals surface area contributed by atoms with Crippen LogP contribution in [0.15, 0.2) is 29.6 Å². The Morgan fingerprint density at radius 2 is 2.35 bits per heavy atom. The highest BCUT2D eigenvalue weighted by molar-refractivity contribution is 7.13. The number of nitrogens with zero attached hydrogens (tertiary/aromatic N) is 1. The fraction of sp³-hybridized carbons (Fsp3) is 0.333. The molecule has 1 aliphatic carbocycles. The van der Waals surface area contributed by atoms with E-state index in [-0.39, 0.29) is 12.5 Å². The van der Waals surface area contributed by atoms with Gasteiger partial charge in [-0.2, -0.15) is 0 Å². The number of benzene rings is 1. The summed E-state index contributed by atoms with van der Waals surface area (Å²) in [6.07, 6.45) is 2.43. The molecule has 1 N–H and O–H groups in total. The molecular weight excluding hydrogens is 272 g/mol. The van der Waals surface area contributed by atoms with Crippen LogP contribution in [0.1, 0.15) is 30.0 Å². The zero-order valence-electron chi connectivity index (χ0n) is 11.3. The first-order valence-electron chi connectivity index (χ1n) is 6.65. The summed E-state index contributed by atoms with van der Waals surface area (Å²) in [4.78, 5) is 16.2. The van der Waals surface area contributed by atoms with Gasteiger partial charge in [0, 0.05) is 11.3 Å². The van der Waals surface area contributed by atoms with Crippen molar-refractivity contribution in [3.63, 3.8) is 0 Å². The Morgan fingerprint density at radius 1 is 1.50 bits per heavy atom. The second-order valence-corrected chi connectivity index (χ2v) is 5.86. The zero-order chi connectivity index (χ0) is 13.9. The maximum atomic E-state index is 11.8. The van der Waals surface area contributed by atoms with Gasteiger partial charge in [0.2, 0.25) is 0 Å². The summed E-state index contributed by atoms with van der Waals surface area (Å²) in [6.45, 7) is 1.99. The number of rotatable bonds is 5. The topological polar surface area (TPSA) is 51.2 Å². The average molecular weight is 288 g/mol. The molecule has 1 saturated carbocycles. The Kier molecular flexibility index (Phi) is 3.69. The van der Waals surface area contributed by atoms with Gasteiger partial charge < -0.3 is 4.74 Å². The molecule has 20 heavy (non-hydrogen) atoms. The lowest BCUT2D eigenvalue weighted by atomic mass is 10.2. The quantitative estimate of drug-likeness (QED) is 0.918. The van der Waals surface area contributed by atoms with Gasteiger partial charge in [0.15, 0.2) is 11.7 Å². The van der Waals surface area contributed by atoms with Crippen LogP contribution in [-0.2, 0) is 4.79 Å². The molecule has 1 aromatic heterocycles. The van der Waals surface area contributed by atoms with Crippen molar-refractivity contribution in [3.05, 3.63) is 40.9 Å². The minimum atomic E-state index is -0.178. The lowest BCUT2D eigenvalue weighted by Gasteiger charge is -2.06. The van der Waals surface area contributed by atoms with Crippen LogP contribution >= 0.6 is 11.3 Å². The van der Waals surface area contributed by atoms with Gasteiger partial charge in [0.25, 0.3) is 5.91 Å². The van der Waals surface area contributed by atoms with Gasteiger partial charge in [-0.3, -0.25) is 10.1 Å². The van der Waals surface area contributed by atoms with Crippen LogP contribution in [-0.4, -0.2) is 17.5 Å². The van der Waals surface area contributed by atoms with Crippen LogP contribution in [0.25, 0.3) is 0 Å². The molecule has 5 heteroatoms. The maximum absolute atomic E-state index is 11.8. The first-order valence-corrected chi connectivity index (χ1v) is 7.53. The monoisotopic (exact) mass is 288 g/mol. The second-order valence-electron chi connectivity index (χ2n) is 5.01. The summed E-state index contributed by atoms with van der Waals surface area (Å²) in [5, 5.41) is 5.45. The first-order chi connectivity index (χ1) is 9.70. The third kappa shape index (κ3) is 3.36. The molecule has 0 saturated heterocycles. The molecule has 1 fully saturated rings. The molecule has 0 aliphatic heterocycles. The number of hydrogen-bond donors (Lipinski definition) is 1. The fourth-order valence-corrected chi connectivity index (χ4v) is 2.73. The first kappa shape index (κ1) is 13.1. The van der Waals surface area contributed by atoms with Gasteiger partial charge in [0.05, 0.1) is 5.69 Å². The Labute approximate surface area is 121 Å². The van der Waals surface area contributed by atoms with E-state index in [2.05, 4.69) is 10.3 Å². The molecule has 1 heterocycles. The lowest BCUT2D eigenvalue weighted by molar-refractivity contribution is -0.118. The number of ether oxygens (including phenoxy) is 1. The SMILES string of the molecule is Cc1cccc(OCC(=O)Nc2nc(C3CC3)cs2)c1. The number of carbonyl (C=O) groups excluding carboxylic acids is 1. The molecule has 3 rings (SSSR count). The number of amides is 1. The van der Waals surface area contributed by atoms with Crippen molar-refractivity contribution < 1.29 is 9.53 Å². The molecule has 0 spiro atoms. The maximum Gasteiger partial charge on any atom is 0.264 e. The largest absolute Gasteiger partial charge is 0.484 e. The van der Waals surface area contributed by atoms with E-state index in [4.69, 9.17) is 4.74 Å². The number of thiazole rings is 1. The van der Waals surface area contributed by atoms with E-state index in [0.717, 1.165) is 11.3 Å². The third-order valence-corrected chi connectivity index (χ3v) is 3.90. The summed E-state index contributed by atoms with van der Waals surface area (Å²) < 4.78 is 5.45. The smallest absolute Gasteiger partial charge is 0.264 e. The molecule has 1 aromatic carbocycles. The van der Waals surface area contributed by atoms with E-state index >= 15 is 0 Å². The minimum Gasteiger partial charge on any atom is -0.484 e. The van der Waals surface area contributed by atoms with Crippen molar-refractivity contribution in [2.75, 3.05) is 11.9 Å². The molecule has 1 amide bonds. The standard InChI is InChI=1S/C15H16N2O2S/c1-10-3-2-4-12(7-10)19-8-14(18)17-15-16-13(9-20-15)11-5-6-11/h2-4,7,9,11H,5-6,8H2,1H3,(H,16,17,18). The summed E-state index contributed by atoms with van der Waals surface area (Å²) in [7, 11) is 0. The van der Waals surface area contributed by atoms with Crippen LogP contribution in [0.5, 0.6) is 5.75 Å². The van der Waals surface area contributed by atoms with E-state index in [1.165, 1.54) is 24.2 Å². The number of hydrogen-bond acceptors (Lipinski definition) is 4. The summed E-state index contributed by atoms with van der Waals surface area (Å²) in [6, 6.07) is 7.64. The van der Waals surface area contributed by atoms with Gasteiger partial charge in [0.1, 0.15) is 5.75 Å². The fourth-order valence-electron chi connectivity index (χ4n) is 1.92. The van der Waals surface area contributed by atoms with Gasteiger partial charge >= 0.3 is 0 Å². The van der Waals surface area contributed by atoms with Crippen molar-refractivity contribution in [2.45, 2.75) is 25.7 Å². The van der Waals surface area contributed by atoms with Crippen LogP contribution in [0.4, 0.5) is 5.13 Å². The van der Waals surface area contributed by atoms with Crippen LogP contribution in [0.3, 0.4) is 0 Å². The van der Waals surface area contributed by atoms with E-state index in [1.54, 1.807) is 0 Å². The third-order valence-electron chi connectivity index (χ3n) is 3.12. The molecule has 0 unspecified atom stereocenters. The predicted octanol–water partition coefficient (Wildman–Crippen LogP) is 3.35. The van der Waals surface area contributed by atoms with Gasteiger partial charge in [-0.25, -0.2) is 4.98 Å². The van der Waals surface area contributed by atoms with Gasteiger partial charge in [-0.15, -0.1) is 11.3 Å². The summed E-state index contributed by atoms with van der Waals surface area (Å²) >= 11 is 1.47. The Bertz CT molecular complexity index is 620. The Morgan fingerprint density at radius 3 is 3.10 bits per heavy atom. The molecular formula is C15H16N2O2S. The van der Waals surface area contributed by atoms with E-state index < -0.39 is 0 Å². The highest BCUT2D eigenvalue weighted by Crippen LogP contribution is 2.40. The van der Waals surface area contributed by atoms with E-state index in [9.17, 15) is 4.79 Å². The van der Waals surface area contributed by atoms with Crippen LogP contribution in [0.2, 0.25) is 0 Å². The normalized spacial score (nSPS) is 14.1. The number of anilines is 1. The number of aryl methyl sites for hydroxylation is 1. The van der Waals surface area contributed by atoms with Crippen LogP contribution < -0.4 is 10.1 Å². The van der Waals surface area contributed by atoms with Crippen LogP contribution in [0, 0.1) is 6.92 Å². The molecule has 2 aromatic rings. The molecule has 0 atom stereocenters. The number of carbonyl (C=O) groups is 1. The summed E-state index contributed by atoms with van der Waals surface area (Å²) in [5.41, 5.74) is 2.21. The highest BCUT2D eigenvalue weighted by atomic mass is 32.1. The zero-order valence-corrected chi connectivity index (χ0v) is 12.1. The molecule has 1 aliphatic rings. The molecule has 104 valence electrons. The predicted molar refractivity (Wildman–Crippen MR) is 79.4 cm³/mol. The van der Waals surface area contributed by atoms with E-state index in [1.807, 2.05) is 36.6 Å². The number of nitrogens with one attached hydrogen (secondary N) is 1. The van der Waals surface area contributed by atoms with Crippen molar-refractivity contribution >= 4 is 22.4 Å². The summed E-state index contributed by atoms with van der Waals surface area (Å²) in [5.74, 6) is 1.14. The van der Waals surface area contributed by atoms with Gasteiger partial charge in [-0.1, -0.05) is 12.1 Å². The van der Waals surface area contributed by atoms with Gasteiger partial charge in [-0.05, 0) is 37.5 Å². The minimum absolute atomic E-state index is 0.00178. The molecule has 4 nitrogen and oxygen atoms in total. The second kappa shape index (κ2) is 5.63. The van der Waals surface area contributed by atoms with Crippen molar-refractivity contribution in [1.82, 2.24) is 4.98 Å². The Hall–Kier alpha value is -1.88. The average Bonchev–Trinajstić information content (AvgIpc) is 3.18.